The van der Waals surface area contributed by atoms with Crippen molar-refractivity contribution in [2.24, 2.45) is 0 Å². The van der Waals surface area contributed by atoms with Crippen LogP contribution in [0.2, 0.25) is 0 Å². The van der Waals surface area contributed by atoms with Crippen LogP contribution in [-0.2, 0) is 6.54 Å². The number of halogens is 3. The minimum Gasteiger partial charge on any atom is -0.503 e. The van der Waals surface area contributed by atoms with E-state index in [1.54, 1.807) is 0 Å². The lowest BCUT2D eigenvalue weighted by atomic mass is 10.2. The Labute approximate surface area is 102 Å². The maximum absolute atomic E-state index is 13.1. The average molecular weight is 253 g/mol. The normalized spacial score (nSPS) is 10.4. The summed E-state index contributed by atoms with van der Waals surface area (Å²) in [6.45, 7) is 0.166. The van der Waals surface area contributed by atoms with Gasteiger partial charge in [0.2, 0.25) is 0 Å². The summed E-state index contributed by atoms with van der Waals surface area (Å²) in [7, 11) is 0. The van der Waals surface area contributed by atoms with Gasteiger partial charge in [-0.15, -0.1) is 0 Å². The molecule has 2 aromatic rings. The molecule has 5 heteroatoms. The smallest absolute Gasteiger partial charge is 0.187 e. The van der Waals surface area contributed by atoms with Gasteiger partial charge in [-0.25, -0.2) is 13.2 Å². The van der Waals surface area contributed by atoms with Gasteiger partial charge in [0.05, 0.1) is 0 Å². The second-order valence-corrected chi connectivity index (χ2v) is 3.77. The van der Waals surface area contributed by atoms with Crippen LogP contribution in [0.4, 0.5) is 18.9 Å². The zero-order chi connectivity index (χ0) is 13.1. The third kappa shape index (κ3) is 2.74. The van der Waals surface area contributed by atoms with Crippen molar-refractivity contribution in [3.05, 3.63) is 59.4 Å². The van der Waals surface area contributed by atoms with Crippen LogP contribution in [0.3, 0.4) is 0 Å². The molecule has 0 unspecified atom stereocenters. The molecule has 0 saturated carbocycles. The number of anilines is 1. The maximum Gasteiger partial charge on any atom is 0.187 e. The maximum atomic E-state index is 13.1. The van der Waals surface area contributed by atoms with E-state index < -0.39 is 17.4 Å². The average Bonchev–Trinajstić information content (AvgIpc) is 2.35. The predicted molar refractivity (Wildman–Crippen MR) is 61.7 cm³/mol. The number of nitrogens with one attached hydrogen (secondary N) is 1. The summed E-state index contributed by atoms with van der Waals surface area (Å²) in [6.07, 6.45) is 0. The molecule has 2 nitrogen and oxygen atoms in total. The molecule has 0 heterocycles. The summed E-state index contributed by atoms with van der Waals surface area (Å²) in [5.41, 5.74) is 0.970. The third-order valence-electron chi connectivity index (χ3n) is 2.42. The Bertz CT molecular complexity index is 532. The standard InChI is InChI=1S/C13H10F3NO/c14-9-1-3-10(4-2-9)17-7-8-5-11(15)13(18)12(16)6-8/h1-6,17-18H,7H2. The summed E-state index contributed by atoms with van der Waals surface area (Å²) in [6, 6.07) is 7.66. The highest BCUT2D eigenvalue weighted by atomic mass is 19.1. The molecule has 2 N–H and O–H groups in total. The Morgan fingerprint density at radius 3 is 2.06 bits per heavy atom. The molecule has 0 atom stereocenters. The van der Waals surface area contributed by atoms with Crippen molar-refractivity contribution in [2.75, 3.05) is 5.32 Å². The molecule has 2 rings (SSSR count). The van der Waals surface area contributed by atoms with Gasteiger partial charge in [0.1, 0.15) is 5.82 Å². The summed E-state index contributed by atoms with van der Waals surface area (Å²) in [4.78, 5) is 0. The molecule has 0 aliphatic carbocycles. The zero-order valence-corrected chi connectivity index (χ0v) is 9.25. The first-order chi connectivity index (χ1) is 8.56. The van der Waals surface area contributed by atoms with E-state index >= 15 is 0 Å². The summed E-state index contributed by atoms with van der Waals surface area (Å²) < 4.78 is 38.7. The second kappa shape index (κ2) is 5.00. The highest BCUT2D eigenvalue weighted by Crippen LogP contribution is 2.22. The van der Waals surface area contributed by atoms with Crippen LogP contribution in [-0.4, -0.2) is 5.11 Å². The first kappa shape index (κ1) is 12.3. The van der Waals surface area contributed by atoms with Crippen molar-refractivity contribution in [1.82, 2.24) is 0 Å². The van der Waals surface area contributed by atoms with E-state index in [0.717, 1.165) is 12.1 Å². The van der Waals surface area contributed by atoms with Crippen molar-refractivity contribution < 1.29 is 18.3 Å². The van der Waals surface area contributed by atoms with Crippen LogP contribution in [0.5, 0.6) is 5.75 Å². The fraction of sp³-hybridized carbons (Fsp3) is 0.0769. The SMILES string of the molecule is Oc1c(F)cc(CNc2ccc(F)cc2)cc1F. The van der Waals surface area contributed by atoms with E-state index in [9.17, 15) is 13.2 Å². The molecule has 0 amide bonds. The molecule has 0 radical (unpaired) electrons. The molecule has 94 valence electrons. The molecule has 0 fully saturated rings. The number of benzene rings is 2. The topological polar surface area (TPSA) is 32.3 Å². The van der Waals surface area contributed by atoms with E-state index in [4.69, 9.17) is 5.11 Å². The van der Waals surface area contributed by atoms with Crippen LogP contribution in [0, 0.1) is 17.5 Å². The molecule has 0 aliphatic rings. The van der Waals surface area contributed by atoms with Crippen LogP contribution < -0.4 is 5.32 Å². The summed E-state index contributed by atoms with van der Waals surface area (Å²) in [5, 5.41) is 11.8. The number of hydrogen-bond donors (Lipinski definition) is 2. The first-order valence-corrected chi connectivity index (χ1v) is 5.22. The zero-order valence-electron chi connectivity index (χ0n) is 9.25. The molecule has 0 aliphatic heterocycles. The lowest BCUT2D eigenvalue weighted by Gasteiger charge is -2.07. The Balaban J connectivity index is 2.08. The molecule has 0 aromatic heterocycles. The Kier molecular flexibility index (Phi) is 3.41. The van der Waals surface area contributed by atoms with Gasteiger partial charge in [-0.3, -0.25) is 0 Å². The van der Waals surface area contributed by atoms with E-state index in [2.05, 4.69) is 5.32 Å². The highest BCUT2D eigenvalue weighted by Gasteiger charge is 2.09. The lowest BCUT2D eigenvalue weighted by molar-refractivity contribution is 0.395. The lowest BCUT2D eigenvalue weighted by Crippen LogP contribution is -2.00. The number of aromatic hydroxyl groups is 1. The monoisotopic (exact) mass is 253 g/mol. The molecular weight excluding hydrogens is 243 g/mol. The van der Waals surface area contributed by atoms with Gasteiger partial charge in [-0.2, -0.15) is 0 Å². The number of phenolic OH excluding ortho intramolecular Hbond substituents is 1. The van der Waals surface area contributed by atoms with Gasteiger partial charge in [-0.1, -0.05) is 0 Å². The molecule has 0 spiro atoms. The van der Waals surface area contributed by atoms with Crippen LogP contribution in [0.1, 0.15) is 5.56 Å². The number of rotatable bonds is 3. The van der Waals surface area contributed by atoms with Crippen LogP contribution in [0.15, 0.2) is 36.4 Å². The first-order valence-electron chi connectivity index (χ1n) is 5.22. The van der Waals surface area contributed by atoms with E-state index in [1.807, 2.05) is 0 Å². The van der Waals surface area contributed by atoms with Crippen molar-refractivity contribution in [1.29, 1.82) is 0 Å². The molecule has 0 saturated heterocycles. The van der Waals surface area contributed by atoms with Crippen molar-refractivity contribution in [3.8, 4) is 5.75 Å². The molecule has 2 aromatic carbocycles. The summed E-state index contributed by atoms with van der Waals surface area (Å²) in [5.74, 6) is -3.36. The predicted octanol–water partition coefficient (Wildman–Crippen LogP) is 3.42. The fourth-order valence-electron chi connectivity index (χ4n) is 1.49. The van der Waals surface area contributed by atoms with E-state index in [-0.39, 0.29) is 12.4 Å². The van der Waals surface area contributed by atoms with Crippen LogP contribution in [0.25, 0.3) is 0 Å². The van der Waals surface area contributed by atoms with Gasteiger partial charge in [0.15, 0.2) is 17.4 Å². The second-order valence-electron chi connectivity index (χ2n) is 3.77. The van der Waals surface area contributed by atoms with Crippen LogP contribution >= 0.6 is 0 Å². The largest absolute Gasteiger partial charge is 0.503 e. The third-order valence-corrected chi connectivity index (χ3v) is 2.42. The number of hydrogen-bond acceptors (Lipinski definition) is 2. The molecular formula is C13H10F3NO. The summed E-state index contributed by atoms with van der Waals surface area (Å²) >= 11 is 0. The van der Waals surface area contributed by atoms with Gasteiger partial charge in [0.25, 0.3) is 0 Å². The van der Waals surface area contributed by atoms with Crippen molar-refractivity contribution in [3.63, 3.8) is 0 Å². The molecule has 0 bridgehead atoms. The van der Waals surface area contributed by atoms with Gasteiger partial charge >= 0.3 is 0 Å². The Hall–Kier alpha value is -2.17. The van der Waals surface area contributed by atoms with Gasteiger partial charge in [0, 0.05) is 12.2 Å². The van der Waals surface area contributed by atoms with E-state index in [0.29, 0.717) is 11.3 Å². The van der Waals surface area contributed by atoms with E-state index in [1.165, 1.54) is 24.3 Å². The van der Waals surface area contributed by atoms with Crippen molar-refractivity contribution in [2.45, 2.75) is 6.54 Å². The van der Waals surface area contributed by atoms with Crippen molar-refractivity contribution >= 4 is 5.69 Å². The minimum absolute atomic E-state index is 0.166. The highest BCUT2D eigenvalue weighted by molar-refractivity contribution is 5.44. The molecule has 18 heavy (non-hydrogen) atoms. The van der Waals surface area contributed by atoms with Gasteiger partial charge < -0.3 is 10.4 Å². The Morgan fingerprint density at radius 1 is 0.944 bits per heavy atom. The Morgan fingerprint density at radius 2 is 1.50 bits per heavy atom. The quantitative estimate of drug-likeness (QED) is 0.878. The number of phenols is 1. The minimum atomic E-state index is -1.01. The van der Waals surface area contributed by atoms with Gasteiger partial charge in [-0.05, 0) is 42.0 Å². The fourth-order valence-corrected chi connectivity index (χ4v) is 1.49.